The molecule has 1 aliphatic heterocycles. The van der Waals surface area contributed by atoms with E-state index >= 15 is 0 Å². The number of rotatable bonds is 2. The van der Waals surface area contributed by atoms with Crippen LogP contribution in [0.4, 0.5) is 0 Å². The van der Waals surface area contributed by atoms with Crippen molar-refractivity contribution in [3.05, 3.63) is 0 Å². The van der Waals surface area contributed by atoms with Crippen molar-refractivity contribution < 1.29 is 9.53 Å². The molecule has 17 heavy (non-hydrogen) atoms. The quantitative estimate of drug-likeness (QED) is 0.796. The highest BCUT2D eigenvalue weighted by Crippen LogP contribution is 2.21. The number of ether oxygens (including phenoxy) is 1. The van der Waals surface area contributed by atoms with Crippen LogP contribution in [0.2, 0.25) is 0 Å². The zero-order chi connectivity index (χ0) is 13.2. The third kappa shape index (κ3) is 4.28. The molecule has 0 radical (unpaired) electrons. The van der Waals surface area contributed by atoms with Crippen molar-refractivity contribution in [1.82, 2.24) is 4.90 Å². The summed E-state index contributed by atoms with van der Waals surface area (Å²) in [5.41, 5.74) is 6.02. The van der Waals surface area contributed by atoms with Gasteiger partial charge in [0, 0.05) is 25.6 Å². The van der Waals surface area contributed by atoms with Gasteiger partial charge in [-0.25, -0.2) is 0 Å². The van der Waals surface area contributed by atoms with Crippen molar-refractivity contribution >= 4 is 5.91 Å². The minimum atomic E-state index is -0.0940. The van der Waals surface area contributed by atoms with Gasteiger partial charge in [-0.1, -0.05) is 20.8 Å². The first kappa shape index (κ1) is 14.5. The van der Waals surface area contributed by atoms with Gasteiger partial charge in [-0.2, -0.15) is 0 Å². The van der Waals surface area contributed by atoms with E-state index in [0.717, 1.165) is 0 Å². The minimum absolute atomic E-state index is 0.0286. The Hall–Kier alpha value is -0.610. The monoisotopic (exact) mass is 242 g/mol. The second kappa shape index (κ2) is 5.36. The molecule has 0 bridgehead atoms. The zero-order valence-electron chi connectivity index (χ0n) is 11.7. The van der Waals surface area contributed by atoms with Crippen LogP contribution in [0.15, 0.2) is 0 Å². The molecule has 1 amide bonds. The molecular weight excluding hydrogens is 216 g/mol. The highest BCUT2D eigenvalue weighted by atomic mass is 16.5. The maximum atomic E-state index is 12.1. The van der Waals surface area contributed by atoms with Gasteiger partial charge in [0.25, 0.3) is 0 Å². The van der Waals surface area contributed by atoms with E-state index in [1.165, 1.54) is 0 Å². The second-order valence-electron chi connectivity index (χ2n) is 6.23. The average molecular weight is 242 g/mol. The van der Waals surface area contributed by atoms with Crippen LogP contribution < -0.4 is 5.73 Å². The van der Waals surface area contributed by atoms with Crippen LogP contribution in [0.25, 0.3) is 0 Å². The standard InChI is InChI=1S/C13H26N2O2/c1-9-7-15(8-10(2)17-9)12(16)6-11(14)13(3,4)5/h9-11H,6-8,14H2,1-5H3. The summed E-state index contributed by atoms with van der Waals surface area (Å²) in [6, 6.07) is -0.0940. The third-order valence-electron chi connectivity index (χ3n) is 3.28. The number of nitrogens with two attached hydrogens (primary N) is 1. The fourth-order valence-corrected chi connectivity index (χ4v) is 2.00. The number of carbonyl (C=O) groups excluding carboxylic acids is 1. The van der Waals surface area contributed by atoms with Crippen LogP contribution >= 0.6 is 0 Å². The molecule has 0 saturated carbocycles. The van der Waals surface area contributed by atoms with Crippen LogP contribution in [0.3, 0.4) is 0 Å². The van der Waals surface area contributed by atoms with Crippen molar-refractivity contribution in [2.45, 2.75) is 59.3 Å². The van der Waals surface area contributed by atoms with E-state index in [-0.39, 0.29) is 29.6 Å². The van der Waals surface area contributed by atoms with E-state index in [4.69, 9.17) is 10.5 Å². The first-order chi connectivity index (χ1) is 7.70. The number of amides is 1. The smallest absolute Gasteiger partial charge is 0.224 e. The molecule has 1 fully saturated rings. The van der Waals surface area contributed by atoms with Crippen LogP contribution in [-0.4, -0.2) is 42.1 Å². The highest BCUT2D eigenvalue weighted by molar-refractivity contribution is 5.77. The number of hydrogen-bond donors (Lipinski definition) is 1. The topological polar surface area (TPSA) is 55.6 Å². The van der Waals surface area contributed by atoms with E-state index in [1.54, 1.807) is 0 Å². The van der Waals surface area contributed by atoms with Crippen molar-refractivity contribution in [2.75, 3.05) is 13.1 Å². The molecule has 3 unspecified atom stereocenters. The molecule has 1 aliphatic rings. The Morgan fingerprint density at radius 2 is 1.82 bits per heavy atom. The second-order valence-corrected chi connectivity index (χ2v) is 6.23. The van der Waals surface area contributed by atoms with Crippen molar-refractivity contribution in [3.8, 4) is 0 Å². The molecule has 0 aromatic carbocycles. The maximum absolute atomic E-state index is 12.1. The van der Waals surface area contributed by atoms with E-state index < -0.39 is 0 Å². The lowest BCUT2D eigenvalue weighted by Crippen LogP contribution is -2.50. The molecule has 3 atom stereocenters. The first-order valence-electron chi connectivity index (χ1n) is 6.39. The van der Waals surface area contributed by atoms with E-state index in [0.29, 0.717) is 19.5 Å². The van der Waals surface area contributed by atoms with Gasteiger partial charge in [-0.3, -0.25) is 4.79 Å². The molecule has 100 valence electrons. The van der Waals surface area contributed by atoms with Crippen LogP contribution in [0.5, 0.6) is 0 Å². The molecule has 0 aromatic rings. The van der Waals surface area contributed by atoms with Crippen LogP contribution in [0.1, 0.15) is 41.0 Å². The number of hydrogen-bond acceptors (Lipinski definition) is 3. The van der Waals surface area contributed by atoms with E-state index in [2.05, 4.69) is 20.8 Å². The Labute approximate surface area is 104 Å². The fourth-order valence-electron chi connectivity index (χ4n) is 2.00. The van der Waals surface area contributed by atoms with E-state index in [1.807, 2.05) is 18.7 Å². The lowest BCUT2D eigenvalue weighted by atomic mass is 9.85. The Balaban J connectivity index is 2.53. The molecular formula is C13H26N2O2. The van der Waals surface area contributed by atoms with Gasteiger partial charge >= 0.3 is 0 Å². The van der Waals surface area contributed by atoms with Gasteiger partial charge in [-0.15, -0.1) is 0 Å². The van der Waals surface area contributed by atoms with Crippen molar-refractivity contribution in [1.29, 1.82) is 0 Å². The predicted octanol–water partition coefficient (Wildman–Crippen LogP) is 1.39. The van der Waals surface area contributed by atoms with Gasteiger partial charge in [-0.05, 0) is 19.3 Å². The molecule has 1 rings (SSSR count). The lowest BCUT2D eigenvalue weighted by molar-refractivity contribution is -0.144. The number of carbonyl (C=O) groups is 1. The zero-order valence-corrected chi connectivity index (χ0v) is 11.7. The summed E-state index contributed by atoms with van der Waals surface area (Å²) < 4.78 is 5.61. The molecule has 1 saturated heterocycles. The number of nitrogens with zero attached hydrogens (tertiary/aromatic N) is 1. The summed E-state index contributed by atoms with van der Waals surface area (Å²) in [4.78, 5) is 14.0. The molecule has 1 heterocycles. The molecule has 2 N–H and O–H groups in total. The Morgan fingerprint density at radius 1 is 1.35 bits per heavy atom. The third-order valence-corrected chi connectivity index (χ3v) is 3.28. The number of morpholine rings is 1. The van der Waals surface area contributed by atoms with Gasteiger partial charge < -0.3 is 15.4 Å². The van der Waals surface area contributed by atoms with Gasteiger partial charge in [0.2, 0.25) is 5.91 Å². The summed E-state index contributed by atoms with van der Waals surface area (Å²) in [6.07, 6.45) is 0.658. The fraction of sp³-hybridized carbons (Fsp3) is 0.923. The highest BCUT2D eigenvalue weighted by Gasteiger charge is 2.29. The molecule has 4 heteroatoms. The van der Waals surface area contributed by atoms with Gasteiger partial charge in [0.05, 0.1) is 12.2 Å². The van der Waals surface area contributed by atoms with Gasteiger partial charge in [0.15, 0.2) is 0 Å². The minimum Gasteiger partial charge on any atom is -0.372 e. The van der Waals surface area contributed by atoms with Crippen LogP contribution in [0, 0.1) is 5.41 Å². The first-order valence-corrected chi connectivity index (χ1v) is 6.39. The summed E-state index contributed by atoms with van der Waals surface area (Å²) in [5.74, 6) is 0.148. The predicted molar refractivity (Wildman–Crippen MR) is 68.6 cm³/mol. The molecule has 0 spiro atoms. The summed E-state index contributed by atoms with van der Waals surface area (Å²) in [6.45, 7) is 11.6. The largest absolute Gasteiger partial charge is 0.372 e. The summed E-state index contributed by atoms with van der Waals surface area (Å²) in [5, 5.41) is 0. The molecule has 0 aromatic heterocycles. The normalized spacial score (nSPS) is 28.0. The van der Waals surface area contributed by atoms with Gasteiger partial charge in [0.1, 0.15) is 0 Å². The molecule has 0 aliphatic carbocycles. The van der Waals surface area contributed by atoms with E-state index in [9.17, 15) is 4.79 Å². The van der Waals surface area contributed by atoms with Crippen molar-refractivity contribution in [2.24, 2.45) is 11.1 Å². The lowest BCUT2D eigenvalue weighted by Gasteiger charge is -2.37. The average Bonchev–Trinajstić information content (AvgIpc) is 2.14. The molecule has 4 nitrogen and oxygen atoms in total. The Kier molecular flexibility index (Phi) is 4.55. The SMILES string of the molecule is CC1CN(C(=O)CC(N)C(C)(C)C)CC(C)O1. The summed E-state index contributed by atoms with van der Waals surface area (Å²) >= 11 is 0. The van der Waals surface area contributed by atoms with Crippen molar-refractivity contribution in [3.63, 3.8) is 0 Å². The Morgan fingerprint density at radius 3 is 2.24 bits per heavy atom. The Bertz CT molecular complexity index is 263. The maximum Gasteiger partial charge on any atom is 0.224 e. The van der Waals surface area contributed by atoms with Crippen LogP contribution in [-0.2, 0) is 9.53 Å². The summed E-state index contributed by atoms with van der Waals surface area (Å²) in [7, 11) is 0.